The van der Waals surface area contributed by atoms with Crippen LogP contribution in [-0.4, -0.2) is 33.8 Å². The highest BCUT2D eigenvalue weighted by atomic mass is 15.3. The Hall–Kier alpha value is -0.870. The van der Waals surface area contributed by atoms with Gasteiger partial charge in [0.1, 0.15) is 0 Å². The molecule has 114 valence electrons. The zero-order chi connectivity index (χ0) is 14.4. The summed E-state index contributed by atoms with van der Waals surface area (Å²) >= 11 is 0. The summed E-state index contributed by atoms with van der Waals surface area (Å²) < 4.78 is 2.16. The van der Waals surface area contributed by atoms with Crippen LogP contribution < -0.4 is 5.73 Å². The van der Waals surface area contributed by atoms with E-state index >= 15 is 0 Å². The maximum absolute atomic E-state index is 5.83. The first kappa shape index (κ1) is 15.5. The van der Waals surface area contributed by atoms with E-state index in [4.69, 9.17) is 5.73 Å². The summed E-state index contributed by atoms with van der Waals surface area (Å²) in [6.07, 6.45) is 7.83. The Morgan fingerprint density at radius 2 is 2.05 bits per heavy atom. The molecule has 0 amide bonds. The van der Waals surface area contributed by atoms with E-state index in [9.17, 15) is 0 Å². The van der Waals surface area contributed by atoms with Gasteiger partial charge in [-0.2, -0.15) is 5.10 Å². The molecule has 0 spiro atoms. The average Bonchev–Trinajstić information content (AvgIpc) is 2.90. The number of nitrogens with two attached hydrogens (primary N) is 1. The second kappa shape index (κ2) is 7.79. The Labute approximate surface area is 123 Å². The van der Waals surface area contributed by atoms with E-state index in [-0.39, 0.29) is 0 Å². The largest absolute Gasteiger partial charge is 0.329 e. The maximum atomic E-state index is 5.83. The normalized spacial score (nSPS) is 17.0. The van der Waals surface area contributed by atoms with Crippen molar-refractivity contribution < 1.29 is 0 Å². The minimum absolute atomic E-state index is 0.720. The van der Waals surface area contributed by atoms with E-state index in [1.807, 2.05) is 0 Å². The van der Waals surface area contributed by atoms with E-state index in [1.165, 1.54) is 43.5 Å². The molecule has 1 fully saturated rings. The first-order valence-corrected chi connectivity index (χ1v) is 8.28. The molecule has 4 nitrogen and oxygen atoms in total. The summed E-state index contributed by atoms with van der Waals surface area (Å²) in [5.74, 6) is 0. The Balaban J connectivity index is 2.08. The van der Waals surface area contributed by atoms with Crippen LogP contribution >= 0.6 is 0 Å². The fraction of sp³-hybridized carbons (Fsp3) is 0.812. The van der Waals surface area contributed by atoms with Gasteiger partial charge in [-0.3, -0.25) is 9.58 Å². The molecule has 1 aromatic heterocycles. The standard InChI is InChI=1S/C16H30N4/c1-3-14-12-16(20(4-2)18-14)13-19(11-10-17)15-8-6-5-7-9-15/h12,15H,3-11,13,17H2,1-2H3. The molecule has 1 aromatic rings. The Kier molecular flexibility index (Phi) is 6.05. The minimum atomic E-state index is 0.720. The first-order valence-electron chi connectivity index (χ1n) is 8.28. The fourth-order valence-electron chi connectivity index (χ4n) is 3.30. The van der Waals surface area contributed by atoms with Gasteiger partial charge in [-0.1, -0.05) is 26.2 Å². The van der Waals surface area contributed by atoms with Crippen LogP contribution in [0.25, 0.3) is 0 Å². The van der Waals surface area contributed by atoms with Crippen LogP contribution in [0.5, 0.6) is 0 Å². The van der Waals surface area contributed by atoms with Gasteiger partial charge >= 0.3 is 0 Å². The number of hydrogen-bond donors (Lipinski definition) is 1. The summed E-state index contributed by atoms with van der Waals surface area (Å²) in [6, 6.07) is 2.99. The van der Waals surface area contributed by atoms with Crippen LogP contribution in [0.4, 0.5) is 0 Å². The van der Waals surface area contributed by atoms with Gasteiger partial charge in [-0.15, -0.1) is 0 Å². The van der Waals surface area contributed by atoms with E-state index in [2.05, 4.69) is 34.6 Å². The van der Waals surface area contributed by atoms with Gasteiger partial charge in [0.25, 0.3) is 0 Å². The van der Waals surface area contributed by atoms with Crippen molar-refractivity contribution in [2.24, 2.45) is 5.73 Å². The van der Waals surface area contributed by atoms with Gasteiger partial charge in [0.15, 0.2) is 0 Å². The second-order valence-electron chi connectivity index (χ2n) is 5.85. The summed E-state index contributed by atoms with van der Waals surface area (Å²) in [5, 5.41) is 4.66. The second-order valence-corrected chi connectivity index (χ2v) is 5.85. The Bertz CT molecular complexity index is 393. The molecule has 2 N–H and O–H groups in total. The summed E-state index contributed by atoms with van der Waals surface area (Å²) in [6.45, 7) is 8.05. The third-order valence-corrected chi connectivity index (χ3v) is 4.45. The van der Waals surface area contributed by atoms with Crippen molar-refractivity contribution in [3.63, 3.8) is 0 Å². The number of aryl methyl sites for hydroxylation is 2. The van der Waals surface area contributed by atoms with Crippen molar-refractivity contribution in [1.29, 1.82) is 0 Å². The van der Waals surface area contributed by atoms with E-state index < -0.39 is 0 Å². The van der Waals surface area contributed by atoms with E-state index in [1.54, 1.807) is 0 Å². The molecule has 20 heavy (non-hydrogen) atoms. The molecular formula is C16H30N4. The Morgan fingerprint density at radius 3 is 2.65 bits per heavy atom. The first-order chi connectivity index (χ1) is 9.78. The van der Waals surface area contributed by atoms with Crippen molar-refractivity contribution in [3.05, 3.63) is 17.5 Å². The lowest BCUT2D eigenvalue weighted by Gasteiger charge is -2.34. The highest BCUT2D eigenvalue weighted by Gasteiger charge is 2.22. The zero-order valence-electron chi connectivity index (χ0n) is 13.1. The van der Waals surface area contributed by atoms with Crippen LogP contribution in [0.15, 0.2) is 6.07 Å². The summed E-state index contributed by atoms with van der Waals surface area (Å²) in [4.78, 5) is 2.59. The molecule has 0 saturated heterocycles. The SMILES string of the molecule is CCc1cc(CN(CCN)C2CCCCC2)n(CC)n1. The van der Waals surface area contributed by atoms with Gasteiger partial charge in [0.05, 0.1) is 11.4 Å². The lowest BCUT2D eigenvalue weighted by atomic mass is 9.94. The fourth-order valence-corrected chi connectivity index (χ4v) is 3.30. The van der Waals surface area contributed by atoms with Crippen LogP contribution in [-0.2, 0) is 19.5 Å². The Morgan fingerprint density at radius 1 is 1.30 bits per heavy atom. The van der Waals surface area contributed by atoms with Crippen molar-refractivity contribution in [1.82, 2.24) is 14.7 Å². The molecule has 0 unspecified atom stereocenters. The number of rotatable bonds is 7. The lowest BCUT2D eigenvalue weighted by Crippen LogP contribution is -2.40. The molecule has 0 aromatic carbocycles. The third kappa shape index (κ3) is 3.83. The monoisotopic (exact) mass is 278 g/mol. The predicted molar refractivity (Wildman–Crippen MR) is 83.6 cm³/mol. The molecule has 0 radical (unpaired) electrons. The highest BCUT2D eigenvalue weighted by Crippen LogP contribution is 2.24. The molecule has 2 rings (SSSR count). The van der Waals surface area contributed by atoms with E-state index in [0.717, 1.165) is 38.6 Å². The van der Waals surface area contributed by atoms with Gasteiger partial charge in [-0.05, 0) is 32.3 Å². The van der Waals surface area contributed by atoms with Gasteiger partial charge in [0, 0.05) is 32.2 Å². The van der Waals surface area contributed by atoms with Gasteiger partial charge < -0.3 is 5.73 Å². The topological polar surface area (TPSA) is 47.1 Å². The van der Waals surface area contributed by atoms with Crippen LogP contribution in [0.1, 0.15) is 57.3 Å². The molecule has 1 aliphatic carbocycles. The third-order valence-electron chi connectivity index (χ3n) is 4.45. The average molecular weight is 278 g/mol. The molecule has 0 atom stereocenters. The molecule has 1 saturated carbocycles. The molecule has 1 heterocycles. The smallest absolute Gasteiger partial charge is 0.0625 e. The quantitative estimate of drug-likeness (QED) is 0.834. The van der Waals surface area contributed by atoms with Crippen LogP contribution in [0.2, 0.25) is 0 Å². The number of hydrogen-bond acceptors (Lipinski definition) is 3. The number of aromatic nitrogens is 2. The summed E-state index contributed by atoms with van der Waals surface area (Å²) in [5.41, 5.74) is 8.38. The van der Waals surface area contributed by atoms with E-state index in [0.29, 0.717) is 0 Å². The van der Waals surface area contributed by atoms with Crippen molar-refractivity contribution in [3.8, 4) is 0 Å². The van der Waals surface area contributed by atoms with Crippen LogP contribution in [0.3, 0.4) is 0 Å². The molecule has 0 bridgehead atoms. The minimum Gasteiger partial charge on any atom is -0.329 e. The van der Waals surface area contributed by atoms with Crippen molar-refractivity contribution >= 4 is 0 Å². The predicted octanol–water partition coefficient (Wildman–Crippen LogP) is 2.56. The van der Waals surface area contributed by atoms with Crippen LogP contribution in [0, 0.1) is 0 Å². The zero-order valence-corrected chi connectivity index (χ0v) is 13.1. The molecule has 4 heteroatoms. The summed E-state index contributed by atoms with van der Waals surface area (Å²) in [7, 11) is 0. The maximum Gasteiger partial charge on any atom is 0.0625 e. The molecule has 1 aliphatic rings. The van der Waals surface area contributed by atoms with Gasteiger partial charge in [0.2, 0.25) is 0 Å². The van der Waals surface area contributed by atoms with Crippen molar-refractivity contribution in [2.75, 3.05) is 13.1 Å². The number of nitrogens with zero attached hydrogens (tertiary/aromatic N) is 3. The molecule has 0 aliphatic heterocycles. The van der Waals surface area contributed by atoms with Crippen molar-refractivity contribution in [2.45, 2.75) is 71.5 Å². The highest BCUT2D eigenvalue weighted by molar-refractivity contribution is 5.10. The molecular weight excluding hydrogens is 248 g/mol. The van der Waals surface area contributed by atoms with Gasteiger partial charge in [-0.25, -0.2) is 0 Å². The lowest BCUT2D eigenvalue weighted by molar-refractivity contribution is 0.148.